The van der Waals surface area contributed by atoms with Crippen molar-refractivity contribution in [1.29, 1.82) is 0 Å². The highest BCUT2D eigenvalue weighted by molar-refractivity contribution is 7.90. The summed E-state index contributed by atoms with van der Waals surface area (Å²) >= 11 is 0. The Morgan fingerprint density at radius 3 is 2.41 bits per heavy atom. The summed E-state index contributed by atoms with van der Waals surface area (Å²) in [7, 11) is -3.26. The Kier molecular flexibility index (Phi) is 5.24. The van der Waals surface area contributed by atoms with Gasteiger partial charge in [-0.2, -0.15) is 0 Å². The summed E-state index contributed by atoms with van der Waals surface area (Å²) in [6.07, 6.45) is 6.59. The third kappa shape index (κ3) is 4.24. The first kappa shape index (κ1) is 19.4. The van der Waals surface area contributed by atoms with E-state index in [2.05, 4.69) is 9.97 Å². The van der Waals surface area contributed by atoms with Crippen LogP contribution in [-0.2, 0) is 9.84 Å². The molecular formula is C22H23N3O3S. The van der Waals surface area contributed by atoms with E-state index >= 15 is 0 Å². The molecule has 0 spiro atoms. The number of piperidine rings is 1. The molecule has 2 aromatic carbocycles. The van der Waals surface area contributed by atoms with Crippen LogP contribution in [0.15, 0.2) is 65.8 Å². The fraction of sp³-hybridized carbons (Fsp3) is 0.273. The fourth-order valence-corrected chi connectivity index (χ4v) is 4.42. The van der Waals surface area contributed by atoms with E-state index < -0.39 is 9.84 Å². The van der Waals surface area contributed by atoms with E-state index in [9.17, 15) is 13.2 Å². The van der Waals surface area contributed by atoms with Crippen molar-refractivity contribution in [3.8, 4) is 11.1 Å². The number of hydrogen-bond acceptors (Lipinski definition) is 4. The third-order valence-electron chi connectivity index (χ3n) is 5.42. The zero-order valence-corrected chi connectivity index (χ0v) is 17.0. The molecule has 1 fully saturated rings. The van der Waals surface area contributed by atoms with Crippen LogP contribution in [0.1, 0.15) is 34.9 Å². The van der Waals surface area contributed by atoms with Gasteiger partial charge in [0.15, 0.2) is 9.84 Å². The summed E-state index contributed by atoms with van der Waals surface area (Å²) in [5.74, 6) is 1.40. The van der Waals surface area contributed by atoms with E-state index in [1.165, 1.54) is 6.26 Å². The van der Waals surface area contributed by atoms with Gasteiger partial charge in [-0.3, -0.25) is 4.79 Å². The molecule has 1 saturated heterocycles. The average Bonchev–Trinajstić information content (AvgIpc) is 3.28. The lowest BCUT2D eigenvalue weighted by Crippen LogP contribution is -2.38. The number of nitrogens with one attached hydrogen (secondary N) is 1. The monoisotopic (exact) mass is 409 g/mol. The molecule has 1 aliphatic heterocycles. The molecule has 3 aromatic rings. The molecule has 0 radical (unpaired) electrons. The predicted molar refractivity (Wildman–Crippen MR) is 111 cm³/mol. The predicted octanol–water partition coefficient (Wildman–Crippen LogP) is 3.50. The van der Waals surface area contributed by atoms with Crippen LogP contribution < -0.4 is 0 Å². The quantitative estimate of drug-likeness (QED) is 0.715. The molecule has 2 heterocycles. The Morgan fingerprint density at radius 1 is 1.07 bits per heavy atom. The molecule has 1 amide bonds. The highest BCUT2D eigenvalue weighted by Gasteiger charge is 2.25. The average molecular weight is 410 g/mol. The minimum atomic E-state index is -3.26. The first-order valence-corrected chi connectivity index (χ1v) is 11.5. The number of aromatic nitrogens is 2. The van der Waals surface area contributed by atoms with Gasteiger partial charge in [0.2, 0.25) is 0 Å². The number of imidazole rings is 1. The van der Waals surface area contributed by atoms with Crippen molar-refractivity contribution < 1.29 is 13.2 Å². The van der Waals surface area contributed by atoms with Crippen LogP contribution in [0.3, 0.4) is 0 Å². The number of sulfone groups is 1. The van der Waals surface area contributed by atoms with Crippen LogP contribution in [0.2, 0.25) is 0 Å². The number of carbonyl (C=O) groups is 1. The van der Waals surface area contributed by atoms with Crippen LogP contribution in [-0.4, -0.2) is 48.5 Å². The second-order valence-electron chi connectivity index (χ2n) is 7.42. The maximum absolute atomic E-state index is 12.8. The first-order valence-electron chi connectivity index (χ1n) is 9.61. The van der Waals surface area contributed by atoms with Gasteiger partial charge in [0.1, 0.15) is 5.82 Å². The Balaban J connectivity index is 1.45. The van der Waals surface area contributed by atoms with Crippen molar-refractivity contribution >= 4 is 15.7 Å². The summed E-state index contributed by atoms with van der Waals surface area (Å²) < 4.78 is 23.6. The fourth-order valence-electron chi connectivity index (χ4n) is 3.75. The molecule has 0 unspecified atom stereocenters. The summed E-state index contributed by atoms with van der Waals surface area (Å²) in [5, 5.41) is 0. The minimum Gasteiger partial charge on any atom is -0.348 e. The molecule has 7 heteroatoms. The number of carbonyl (C=O) groups excluding carboxylic acids is 1. The lowest BCUT2D eigenvalue weighted by molar-refractivity contribution is 0.0711. The van der Waals surface area contributed by atoms with E-state index in [1.54, 1.807) is 24.4 Å². The van der Waals surface area contributed by atoms with Crippen molar-refractivity contribution in [3.05, 3.63) is 72.3 Å². The Hall–Kier alpha value is -2.93. The molecule has 0 aliphatic carbocycles. The van der Waals surface area contributed by atoms with Crippen LogP contribution in [0, 0.1) is 0 Å². The maximum atomic E-state index is 12.8. The van der Waals surface area contributed by atoms with E-state index in [4.69, 9.17) is 0 Å². The number of H-pyrrole nitrogens is 1. The molecule has 150 valence electrons. The zero-order chi connectivity index (χ0) is 20.4. The molecule has 4 rings (SSSR count). The summed E-state index contributed by atoms with van der Waals surface area (Å²) in [6, 6.07) is 14.2. The summed E-state index contributed by atoms with van der Waals surface area (Å²) in [5.41, 5.74) is 2.33. The molecule has 29 heavy (non-hydrogen) atoms. The van der Waals surface area contributed by atoms with Crippen molar-refractivity contribution in [2.75, 3.05) is 19.3 Å². The highest BCUT2D eigenvalue weighted by Crippen LogP contribution is 2.27. The van der Waals surface area contributed by atoms with Crippen molar-refractivity contribution in [3.63, 3.8) is 0 Å². The van der Waals surface area contributed by atoms with Gasteiger partial charge >= 0.3 is 0 Å². The second-order valence-corrected chi connectivity index (χ2v) is 9.43. The molecule has 1 aliphatic rings. The van der Waals surface area contributed by atoms with Gasteiger partial charge in [-0.05, 0) is 48.2 Å². The lowest BCUT2D eigenvalue weighted by atomic mass is 9.95. The van der Waals surface area contributed by atoms with E-state index in [-0.39, 0.29) is 10.8 Å². The highest BCUT2D eigenvalue weighted by atomic mass is 32.2. The van der Waals surface area contributed by atoms with Gasteiger partial charge in [0.05, 0.1) is 4.90 Å². The number of benzene rings is 2. The Morgan fingerprint density at radius 2 is 1.79 bits per heavy atom. The number of aromatic amines is 1. The third-order valence-corrected chi connectivity index (χ3v) is 6.53. The molecular weight excluding hydrogens is 386 g/mol. The van der Waals surface area contributed by atoms with Crippen LogP contribution in [0.25, 0.3) is 11.1 Å². The van der Waals surface area contributed by atoms with E-state index in [0.29, 0.717) is 24.6 Å². The number of nitrogens with zero attached hydrogens (tertiary/aromatic N) is 2. The first-order chi connectivity index (χ1) is 13.9. The van der Waals surface area contributed by atoms with E-state index in [1.807, 2.05) is 41.4 Å². The molecule has 6 nitrogen and oxygen atoms in total. The molecule has 0 bridgehead atoms. The smallest absolute Gasteiger partial charge is 0.253 e. The van der Waals surface area contributed by atoms with Gasteiger partial charge in [0.25, 0.3) is 5.91 Å². The van der Waals surface area contributed by atoms with Gasteiger partial charge in [-0.25, -0.2) is 13.4 Å². The number of hydrogen-bond donors (Lipinski definition) is 1. The molecule has 1 N–H and O–H groups in total. The number of rotatable bonds is 4. The van der Waals surface area contributed by atoms with Crippen molar-refractivity contribution in [2.45, 2.75) is 23.7 Å². The summed E-state index contributed by atoms with van der Waals surface area (Å²) in [4.78, 5) is 22.5. The standard InChI is InChI=1S/C22H23N3O3S/c1-29(27,28)20-4-2-3-19(15-20)16-5-7-18(8-6-16)22(26)25-13-9-17(10-14-25)21-23-11-12-24-21/h2-8,11-12,15,17H,9-10,13-14H2,1H3,(H,23,24). The van der Waals surface area contributed by atoms with Crippen molar-refractivity contribution in [1.82, 2.24) is 14.9 Å². The SMILES string of the molecule is CS(=O)(=O)c1cccc(-c2ccc(C(=O)N3CCC(c4ncc[nH]4)CC3)cc2)c1. The van der Waals surface area contributed by atoms with Gasteiger partial charge in [-0.15, -0.1) is 0 Å². The Labute approximate surface area is 170 Å². The molecule has 0 saturated carbocycles. The Bertz CT molecular complexity index is 1100. The second kappa shape index (κ2) is 7.83. The number of likely N-dealkylation sites (tertiary alicyclic amines) is 1. The maximum Gasteiger partial charge on any atom is 0.253 e. The normalized spacial score (nSPS) is 15.4. The molecule has 0 atom stereocenters. The zero-order valence-electron chi connectivity index (χ0n) is 16.2. The van der Waals surface area contributed by atoms with Gasteiger partial charge in [0, 0.05) is 43.2 Å². The van der Waals surface area contributed by atoms with Gasteiger partial charge in [-0.1, -0.05) is 24.3 Å². The summed E-state index contributed by atoms with van der Waals surface area (Å²) in [6.45, 7) is 1.42. The van der Waals surface area contributed by atoms with Gasteiger partial charge < -0.3 is 9.88 Å². The largest absolute Gasteiger partial charge is 0.348 e. The minimum absolute atomic E-state index is 0.0272. The lowest BCUT2D eigenvalue weighted by Gasteiger charge is -2.31. The number of amides is 1. The molecule has 1 aromatic heterocycles. The van der Waals surface area contributed by atoms with E-state index in [0.717, 1.165) is 29.8 Å². The van der Waals surface area contributed by atoms with Crippen molar-refractivity contribution in [2.24, 2.45) is 0 Å². The van der Waals surface area contributed by atoms with Crippen LogP contribution >= 0.6 is 0 Å². The van der Waals surface area contributed by atoms with Crippen LogP contribution in [0.5, 0.6) is 0 Å². The van der Waals surface area contributed by atoms with Crippen LogP contribution in [0.4, 0.5) is 0 Å². The topological polar surface area (TPSA) is 83.1 Å².